The van der Waals surface area contributed by atoms with Crippen molar-refractivity contribution >= 4 is 5.91 Å². The molecule has 0 aliphatic carbocycles. The summed E-state index contributed by atoms with van der Waals surface area (Å²) in [5.41, 5.74) is 0.815. The number of amides is 1. The van der Waals surface area contributed by atoms with Crippen LogP contribution in [0.3, 0.4) is 0 Å². The van der Waals surface area contributed by atoms with Crippen molar-refractivity contribution in [3.63, 3.8) is 0 Å². The summed E-state index contributed by atoms with van der Waals surface area (Å²) in [5.74, 6) is 0.522. The molecule has 0 saturated carbocycles. The number of pyridine rings is 1. The zero-order valence-corrected chi connectivity index (χ0v) is 10.2. The van der Waals surface area contributed by atoms with Gasteiger partial charge in [-0.1, -0.05) is 13.8 Å². The topological polar surface area (TPSA) is 65.8 Å². The molecule has 0 atom stereocenters. The molecule has 90 valence electrons. The van der Waals surface area contributed by atoms with Gasteiger partial charge < -0.3 is 5.32 Å². The molecule has 1 amide bonds. The van der Waals surface area contributed by atoms with Gasteiger partial charge in [0.1, 0.15) is 11.8 Å². The summed E-state index contributed by atoms with van der Waals surface area (Å²) < 4.78 is 0. The molecular weight excluding hydrogens is 214 g/mol. The third-order valence-electron chi connectivity index (χ3n) is 2.38. The molecule has 1 aromatic rings. The SMILES string of the molecule is CC(C)CCCNC(=O)c1ccc(C#N)nc1. The molecule has 17 heavy (non-hydrogen) atoms. The number of hydrogen-bond donors (Lipinski definition) is 1. The van der Waals surface area contributed by atoms with Crippen molar-refractivity contribution in [2.75, 3.05) is 6.54 Å². The van der Waals surface area contributed by atoms with Gasteiger partial charge >= 0.3 is 0 Å². The Kier molecular flexibility index (Phi) is 5.15. The van der Waals surface area contributed by atoms with Crippen LogP contribution < -0.4 is 5.32 Å². The fourth-order valence-electron chi connectivity index (χ4n) is 1.41. The highest BCUT2D eigenvalue weighted by atomic mass is 16.1. The molecule has 4 heteroatoms. The van der Waals surface area contributed by atoms with Crippen LogP contribution in [0.25, 0.3) is 0 Å². The summed E-state index contributed by atoms with van der Waals surface area (Å²) >= 11 is 0. The van der Waals surface area contributed by atoms with Gasteiger partial charge in [0.15, 0.2) is 0 Å². The summed E-state index contributed by atoms with van der Waals surface area (Å²) in [6, 6.07) is 5.07. The molecule has 0 saturated heterocycles. The van der Waals surface area contributed by atoms with Crippen LogP contribution in [0.1, 0.15) is 42.7 Å². The first kappa shape index (κ1) is 13.2. The van der Waals surface area contributed by atoms with E-state index in [1.165, 1.54) is 6.20 Å². The summed E-state index contributed by atoms with van der Waals surface area (Å²) in [4.78, 5) is 15.5. The average molecular weight is 231 g/mol. The Balaban J connectivity index is 2.39. The maximum Gasteiger partial charge on any atom is 0.252 e. The van der Waals surface area contributed by atoms with E-state index in [-0.39, 0.29) is 5.91 Å². The number of rotatable bonds is 5. The van der Waals surface area contributed by atoms with E-state index < -0.39 is 0 Å². The van der Waals surface area contributed by atoms with Gasteiger partial charge in [-0.3, -0.25) is 4.79 Å². The molecule has 0 fully saturated rings. The van der Waals surface area contributed by atoms with Crippen LogP contribution in [0.5, 0.6) is 0 Å². The number of hydrogen-bond acceptors (Lipinski definition) is 3. The fourth-order valence-corrected chi connectivity index (χ4v) is 1.41. The second-order valence-electron chi connectivity index (χ2n) is 4.34. The van der Waals surface area contributed by atoms with Crippen LogP contribution >= 0.6 is 0 Å². The fraction of sp³-hybridized carbons (Fsp3) is 0.462. The Labute approximate surface area is 102 Å². The third kappa shape index (κ3) is 4.64. The quantitative estimate of drug-likeness (QED) is 0.789. The number of nitrogens with one attached hydrogen (secondary N) is 1. The predicted octanol–water partition coefficient (Wildman–Crippen LogP) is 2.12. The molecular formula is C13H17N3O. The van der Waals surface area contributed by atoms with Crippen LogP contribution in [0.2, 0.25) is 0 Å². The zero-order chi connectivity index (χ0) is 12.7. The number of nitriles is 1. The number of nitrogens with zero attached hydrogens (tertiary/aromatic N) is 2. The van der Waals surface area contributed by atoms with E-state index in [2.05, 4.69) is 24.1 Å². The van der Waals surface area contributed by atoms with Crippen molar-refractivity contribution < 1.29 is 4.79 Å². The monoisotopic (exact) mass is 231 g/mol. The van der Waals surface area contributed by atoms with E-state index in [4.69, 9.17) is 5.26 Å². The van der Waals surface area contributed by atoms with Gasteiger partial charge in [-0.15, -0.1) is 0 Å². The van der Waals surface area contributed by atoms with Crippen molar-refractivity contribution in [3.05, 3.63) is 29.6 Å². The summed E-state index contributed by atoms with van der Waals surface area (Å²) in [7, 11) is 0. The lowest BCUT2D eigenvalue weighted by molar-refractivity contribution is 0.0952. The standard InChI is InChI=1S/C13H17N3O/c1-10(2)4-3-7-15-13(17)11-5-6-12(8-14)16-9-11/h5-6,9-10H,3-4,7H2,1-2H3,(H,15,17). The van der Waals surface area contributed by atoms with E-state index >= 15 is 0 Å². The van der Waals surface area contributed by atoms with Gasteiger partial charge in [-0.2, -0.15) is 5.26 Å². The van der Waals surface area contributed by atoms with Gasteiger partial charge in [-0.05, 0) is 30.9 Å². The third-order valence-corrected chi connectivity index (χ3v) is 2.38. The first-order chi connectivity index (χ1) is 8.13. The first-order valence-electron chi connectivity index (χ1n) is 5.78. The van der Waals surface area contributed by atoms with Crippen LogP contribution in [-0.2, 0) is 0 Å². The highest BCUT2D eigenvalue weighted by Gasteiger charge is 2.05. The van der Waals surface area contributed by atoms with Crippen LogP contribution in [0, 0.1) is 17.2 Å². The largest absolute Gasteiger partial charge is 0.352 e. The van der Waals surface area contributed by atoms with E-state index in [0.717, 1.165) is 12.8 Å². The molecule has 1 aromatic heterocycles. The lowest BCUT2D eigenvalue weighted by atomic mass is 10.1. The lowest BCUT2D eigenvalue weighted by Crippen LogP contribution is -2.24. The van der Waals surface area contributed by atoms with Crippen molar-refractivity contribution in [2.24, 2.45) is 5.92 Å². The minimum absolute atomic E-state index is 0.134. The number of aromatic nitrogens is 1. The molecule has 0 aromatic carbocycles. The Bertz CT molecular complexity index is 404. The normalized spacial score (nSPS) is 10.0. The van der Waals surface area contributed by atoms with Crippen molar-refractivity contribution in [1.29, 1.82) is 5.26 Å². The van der Waals surface area contributed by atoms with E-state index in [1.54, 1.807) is 12.1 Å². The second kappa shape index (κ2) is 6.64. The molecule has 1 N–H and O–H groups in total. The number of carbonyl (C=O) groups is 1. The Morgan fingerprint density at radius 3 is 2.82 bits per heavy atom. The maximum absolute atomic E-state index is 11.7. The molecule has 1 rings (SSSR count). The lowest BCUT2D eigenvalue weighted by Gasteiger charge is -2.06. The molecule has 1 heterocycles. The maximum atomic E-state index is 11.7. The average Bonchev–Trinajstić information content (AvgIpc) is 2.34. The van der Waals surface area contributed by atoms with Gasteiger partial charge in [0, 0.05) is 12.7 Å². The van der Waals surface area contributed by atoms with Gasteiger partial charge in [0.2, 0.25) is 0 Å². The minimum Gasteiger partial charge on any atom is -0.352 e. The highest BCUT2D eigenvalue weighted by molar-refractivity contribution is 5.93. The molecule has 4 nitrogen and oxygen atoms in total. The van der Waals surface area contributed by atoms with Crippen LogP contribution in [0.15, 0.2) is 18.3 Å². The van der Waals surface area contributed by atoms with Crippen molar-refractivity contribution in [3.8, 4) is 6.07 Å². The summed E-state index contributed by atoms with van der Waals surface area (Å²) in [6.07, 6.45) is 3.51. The van der Waals surface area contributed by atoms with Crippen molar-refractivity contribution in [1.82, 2.24) is 10.3 Å². The van der Waals surface area contributed by atoms with E-state index in [1.807, 2.05) is 6.07 Å². The molecule has 0 aliphatic rings. The first-order valence-corrected chi connectivity index (χ1v) is 5.78. The predicted molar refractivity (Wildman–Crippen MR) is 65.4 cm³/mol. The Hall–Kier alpha value is -1.89. The highest BCUT2D eigenvalue weighted by Crippen LogP contribution is 2.03. The van der Waals surface area contributed by atoms with Crippen LogP contribution in [0.4, 0.5) is 0 Å². The molecule has 0 radical (unpaired) electrons. The van der Waals surface area contributed by atoms with E-state index in [0.29, 0.717) is 23.7 Å². The van der Waals surface area contributed by atoms with Crippen LogP contribution in [-0.4, -0.2) is 17.4 Å². The van der Waals surface area contributed by atoms with Gasteiger partial charge in [-0.25, -0.2) is 4.98 Å². The summed E-state index contributed by atoms with van der Waals surface area (Å²) in [6.45, 7) is 5.00. The second-order valence-corrected chi connectivity index (χ2v) is 4.34. The summed E-state index contributed by atoms with van der Waals surface area (Å²) in [5, 5.41) is 11.4. The number of carbonyl (C=O) groups excluding carboxylic acids is 1. The molecule has 0 bridgehead atoms. The van der Waals surface area contributed by atoms with Gasteiger partial charge in [0.05, 0.1) is 5.56 Å². The molecule has 0 unspecified atom stereocenters. The van der Waals surface area contributed by atoms with Gasteiger partial charge in [0.25, 0.3) is 5.91 Å². The smallest absolute Gasteiger partial charge is 0.252 e. The minimum atomic E-state index is -0.134. The van der Waals surface area contributed by atoms with E-state index in [9.17, 15) is 4.79 Å². The molecule has 0 spiro atoms. The van der Waals surface area contributed by atoms with Crippen molar-refractivity contribution in [2.45, 2.75) is 26.7 Å². The zero-order valence-electron chi connectivity index (χ0n) is 10.2. The Morgan fingerprint density at radius 1 is 1.53 bits per heavy atom. The Morgan fingerprint density at radius 2 is 2.29 bits per heavy atom. The molecule has 0 aliphatic heterocycles.